The van der Waals surface area contributed by atoms with E-state index < -0.39 is 0 Å². The van der Waals surface area contributed by atoms with Gasteiger partial charge in [-0.25, -0.2) is 0 Å². The summed E-state index contributed by atoms with van der Waals surface area (Å²) >= 11 is 6.23. The molecule has 3 nitrogen and oxygen atoms in total. The van der Waals surface area contributed by atoms with E-state index in [1.165, 1.54) is 24.9 Å². The summed E-state index contributed by atoms with van der Waals surface area (Å²) < 4.78 is 5.22. The van der Waals surface area contributed by atoms with Gasteiger partial charge >= 0.3 is 0 Å². The fraction of sp³-hybridized carbons (Fsp3) is 0.600. The molecule has 1 N–H and O–H groups in total. The van der Waals surface area contributed by atoms with Crippen LogP contribution in [0.2, 0.25) is 5.02 Å². The molecule has 1 saturated carbocycles. The minimum absolute atomic E-state index is 0.642. The fourth-order valence-corrected chi connectivity index (χ4v) is 3.10. The normalized spacial score (nSPS) is 24.1. The zero-order chi connectivity index (χ0) is 13.2. The van der Waals surface area contributed by atoms with Gasteiger partial charge in [-0.2, -0.15) is 0 Å². The number of halogens is 1. The van der Waals surface area contributed by atoms with Gasteiger partial charge in [-0.05, 0) is 49.9 Å². The lowest BCUT2D eigenvalue weighted by Crippen LogP contribution is -2.39. The first kappa shape index (κ1) is 13.1. The van der Waals surface area contributed by atoms with Gasteiger partial charge in [-0.15, -0.1) is 0 Å². The zero-order valence-electron chi connectivity index (χ0n) is 11.4. The highest BCUT2D eigenvalue weighted by atomic mass is 35.5. The topological polar surface area (TPSA) is 24.5 Å². The molecule has 104 valence electrons. The van der Waals surface area contributed by atoms with Crippen molar-refractivity contribution >= 4 is 17.3 Å². The van der Waals surface area contributed by atoms with Gasteiger partial charge in [0.1, 0.15) is 5.75 Å². The quantitative estimate of drug-likeness (QED) is 0.921. The maximum atomic E-state index is 6.23. The van der Waals surface area contributed by atoms with Gasteiger partial charge in [0.25, 0.3) is 0 Å². The van der Waals surface area contributed by atoms with E-state index in [9.17, 15) is 0 Å². The van der Waals surface area contributed by atoms with Gasteiger partial charge in [0.05, 0.1) is 12.1 Å². The highest BCUT2D eigenvalue weighted by molar-refractivity contribution is 6.32. The van der Waals surface area contributed by atoms with Crippen molar-refractivity contribution in [3.8, 4) is 5.75 Å². The molecule has 2 aliphatic rings. The van der Waals surface area contributed by atoms with E-state index in [1.54, 1.807) is 7.11 Å². The van der Waals surface area contributed by atoms with E-state index in [2.05, 4.69) is 16.3 Å². The SMILES string of the molecule is COc1ccc(N2CCCNC(C3CC3)C2)cc1Cl. The number of methoxy groups -OCH3 is 1. The van der Waals surface area contributed by atoms with Crippen molar-refractivity contribution in [3.05, 3.63) is 23.2 Å². The molecule has 3 rings (SSSR count). The molecule has 1 aromatic carbocycles. The number of hydrogen-bond donors (Lipinski definition) is 1. The van der Waals surface area contributed by atoms with E-state index in [4.69, 9.17) is 16.3 Å². The lowest BCUT2D eigenvalue weighted by molar-refractivity contribution is 0.415. The number of nitrogens with one attached hydrogen (secondary N) is 1. The van der Waals surface area contributed by atoms with Crippen molar-refractivity contribution in [2.24, 2.45) is 5.92 Å². The summed E-state index contributed by atoms with van der Waals surface area (Å²) in [4.78, 5) is 2.45. The van der Waals surface area contributed by atoms with E-state index in [-0.39, 0.29) is 0 Å². The molecule has 0 spiro atoms. The van der Waals surface area contributed by atoms with Crippen molar-refractivity contribution in [2.45, 2.75) is 25.3 Å². The van der Waals surface area contributed by atoms with Crippen LogP contribution in [-0.2, 0) is 0 Å². The number of nitrogens with zero attached hydrogens (tertiary/aromatic N) is 1. The highest BCUT2D eigenvalue weighted by Crippen LogP contribution is 2.35. The van der Waals surface area contributed by atoms with Crippen molar-refractivity contribution in [1.29, 1.82) is 0 Å². The van der Waals surface area contributed by atoms with Crippen LogP contribution >= 0.6 is 11.6 Å². The second-order valence-electron chi connectivity index (χ2n) is 5.52. The Labute approximate surface area is 119 Å². The van der Waals surface area contributed by atoms with Crippen LogP contribution in [0.3, 0.4) is 0 Å². The first-order chi connectivity index (χ1) is 9.28. The summed E-state index contributed by atoms with van der Waals surface area (Å²) in [5, 5.41) is 4.38. The standard InChI is InChI=1S/C15H21ClN2O/c1-19-15-6-5-12(9-13(15)16)18-8-2-7-17-14(10-18)11-3-4-11/h5-6,9,11,14,17H,2-4,7-8,10H2,1H3. The lowest BCUT2D eigenvalue weighted by Gasteiger charge is -2.27. The van der Waals surface area contributed by atoms with E-state index in [1.807, 2.05) is 12.1 Å². The maximum absolute atomic E-state index is 6.23. The number of rotatable bonds is 3. The molecule has 0 amide bonds. The van der Waals surface area contributed by atoms with Crippen LogP contribution in [0.25, 0.3) is 0 Å². The minimum Gasteiger partial charge on any atom is -0.495 e. The van der Waals surface area contributed by atoms with E-state index in [0.717, 1.165) is 31.3 Å². The number of benzene rings is 1. The molecule has 0 radical (unpaired) electrons. The first-order valence-electron chi connectivity index (χ1n) is 7.10. The summed E-state index contributed by atoms with van der Waals surface area (Å²) in [7, 11) is 1.65. The van der Waals surface area contributed by atoms with Crippen LogP contribution in [0.15, 0.2) is 18.2 Å². The lowest BCUT2D eigenvalue weighted by atomic mass is 10.1. The zero-order valence-corrected chi connectivity index (χ0v) is 12.1. The molecule has 1 aliphatic heterocycles. The molecule has 1 atom stereocenters. The Morgan fingerprint density at radius 3 is 2.89 bits per heavy atom. The molecule has 4 heteroatoms. The third kappa shape index (κ3) is 2.98. The average molecular weight is 281 g/mol. The maximum Gasteiger partial charge on any atom is 0.137 e. The predicted molar refractivity (Wildman–Crippen MR) is 79.3 cm³/mol. The van der Waals surface area contributed by atoms with Gasteiger partial charge in [0.15, 0.2) is 0 Å². The summed E-state index contributed by atoms with van der Waals surface area (Å²) in [5.41, 5.74) is 1.21. The van der Waals surface area contributed by atoms with E-state index >= 15 is 0 Å². The molecular weight excluding hydrogens is 260 g/mol. The Kier molecular flexibility index (Phi) is 3.85. The summed E-state index contributed by atoms with van der Waals surface area (Å²) in [6.07, 6.45) is 3.95. The predicted octanol–water partition coefficient (Wildman–Crippen LogP) is 2.93. The van der Waals surface area contributed by atoms with Gasteiger partial charge in [0.2, 0.25) is 0 Å². The summed E-state index contributed by atoms with van der Waals surface area (Å²) in [5.74, 6) is 1.63. The molecular formula is C15H21ClN2O. The summed E-state index contributed by atoms with van der Waals surface area (Å²) in [6.45, 7) is 3.31. The number of anilines is 1. The van der Waals surface area contributed by atoms with Gasteiger partial charge < -0.3 is 15.0 Å². The fourth-order valence-electron chi connectivity index (χ4n) is 2.85. The summed E-state index contributed by atoms with van der Waals surface area (Å²) in [6, 6.07) is 6.74. The smallest absolute Gasteiger partial charge is 0.137 e. The van der Waals surface area contributed by atoms with Crippen LogP contribution in [0.5, 0.6) is 5.75 Å². The highest BCUT2D eigenvalue weighted by Gasteiger charge is 2.33. The number of ether oxygens (including phenoxy) is 1. The number of hydrogen-bond acceptors (Lipinski definition) is 3. The Balaban J connectivity index is 1.77. The van der Waals surface area contributed by atoms with Crippen molar-refractivity contribution in [2.75, 3.05) is 31.6 Å². The van der Waals surface area contributed by atoms with Gasteiger partial charge in [-0.1, -0.05) is 11.6 Å². The Hall–Kier alpha value is -0.930. The third-order valence-electron chi connectivity index (χ3n) is 4.12. The van der Waals surface area contributed by atoms with Crippen molar-refractivity contribution < 1.29 is 4.74 Å². The van der Waals surface area contributed by atoms with Gasteiger partial charge in [-0.3, -0.25) is 0 Å². The van der Waals surface area contributed by atoms with Gasteiger partial charge in [0, 0.05) is 24.8 Å². The van der Waals surface area contributed by atoms with Crippen molar-refractivity contribution in [3.63, 3.8) is 0 Å². The molecule has 1 unspecified atom stereocenters. The Morgan fingerprint density at radius 2 is 2.21 bits per heavy atom. The monoisotopic (exact) mass is 280 g/mol. The van der Waals surface area contributed by atoms with Crippen LogP contribution in [0, 0.1) is 5.92 Å². The first-order valence-corrected chi connectivity index (χ1v) is 7.47. The molecule has 1 aliphatic carbocycles. The van der Waals surface area contributed by atoms with Crippen LogP contribution < -0.4 is 15.0 Å². The second-order valence-corrected chi connectivity index (χ2v) is 5.92. The van der Waals surface area contributed by atoms with Crippen LogP contribution in [-0.4, -0.2) is 32.8 Å². The Bertz CT molecular complexity index is 448. The van der Waals surface area contributed by atoms with Crippen LogP contribution in [0.1, 0.15) is 19.3 Å². The molecule has 0 aromatic heterocycles. The Morgan fingerprint density at radius 1 is 1.37 bits per heavy atom. The largest absolute Gasteiger partial charge is 0.495 e. The molecule has 19 heavy (non-hydrogen) atoms. The minimum atomic E-state index is 0.642. The average Bonchev–Trinajstić information content (AvgIpc) is 3.24. The molecule has 1 aromatic rings. The molecule has 1 heterocycles. The molecule has 0 bridgehead atoms. The van der Waals surface area contributed by atoms with E-state index in [0.29, 0.717) is 11.1 Å². The molecule has 2 fully saturated rings. The van der Waals surface area contributed by atoms with Crippen molar-refractivity contribution in [1.82, 2.24) is 5.32 Å². The van der Waals surface area contributed by atoms with Crippen LogP contribution in [0.4, 0.5) is 5.69 Å². The third-order valence-corrected chi connectivity index (χ3v) is 4.42. The molecule has 1 saturated heterocycles. The second kappa shape index (κ2) is 5.59.